The van der Waals surface area contributed by atoms with Crippen molar-refractivity contribution in [2.45, 2.75) is 32.6 Å². The third kappa shape index (κ3) is 5.13. The lowest BCUT2D eigenvalue weighted by molar-refractivity contribution is -0.0586. The highest BCUT2D eigenvalue weighted by atomic mass is 79.9. The maximum Gasteiger partial charge on any atom is 0.254 e. The summed E-state index contributed by atoms with van der Waals surface area (Å²) in [5, 5.41) is 3.25. The van der Waals surface area contributed by atoms with Gasteiger partial charge in [-0.2, -0.15) is 0 Å². The molecule has 2 amide bonds. The summed E-state index contributed by atoms with van der Waals surface area (Å²) < 4.78 is 6.47. The highest BCUT2D eigenvalue weighted by Gasteiger charge is 2.26. The molecule has 0 aliphatic carbocycles. The Bertz CT molecular complexity index is 862. The molecule has 1 aliphatic rings. The standard InChI is InChI=1S/C21H22BrClN2O3/c1-13-11-25(12-14(2)28-13)21(27)16-5-3-15(4-6-16)10-24-20(26)18-9-17(22)7-8-19(18)23/h3-9,13-14H,10-12H2,1-2H3,(H,24,26). The summed E-state index contributed by atoms with van der Waals surface area (Å²) in [4.78, 5) is 26.9. The van der Waals surface area contributed by atoms with Gasteiger partial charge in [-0.1, -0.05) is 39.7 Å². The quantitative estimate of drug-likeness (QED) is 0.733. The number of nitrogens with one attached hydrogen (secondary N) is 1. The Morgan fingerprint density at radius 3 is 2.43 bits per heavy atom. The minimum absolute atomic E-state index is 0.00139. The summed E-state index contributed by atoms with van der Waals surface area (Å²) in [5.74, 6) is -0.249. The Morgan fingerprint density at radius 1 is 1.14 bits per heavy atom. The van der Waals surface area contributed by atoms with Crippen LogP contribution >= 0.6 is 27.5 Å². The molecule has 0 radical (unpaired) electrons. The SMILES string of the molecule is CC1CN(C(=O)c2ccc(CNC(=O)c3cc(Br)ccc3Cl)cc2)CC(C)O1. The van der Waals surface area contributed by atoms with Crippen LogP contribution in [0.4, 0.5) is 0 Å². The number of carbonyl (C=O) groups is 2. The van der Waals surface area contributed by atoms with Crippen LogP contribution in [0.15, 0.2) is 46.9 Å². The number of carbonyl (C=O) groups excluding carboxylic acids is 2. The number of amides is 2. The predicted octanol–water partition coefficient (Wildman–Crippen LogP) is 4.28. The minimum Gasteiger partial charge on any atom is -0.372 e. The largest absolute Gasteiger partial charge is 0.372 e. The average Bonchev–Trinajstić information content (AvgIpc) is 2.67. The van der Waals surface area contributed by atoms with E-state index in [1.165, 1.54) is 0 Å². The molecule has 1 N–H and O–H groups in total. The van der Waals surface area contributed by atoms with Crippen LogP contribution in [0, 0.1) is 0 Å². The third-order valence-electron chi connectivity index (χ3n) is 4.53. The van der Waals surface area contributed by atoms with Crippen molar-refractivity contribution in [1.29, 1.82) is 0 Å². The van der Waals surface area contributed by atoms with Crippen LogP contribution in [0.5, 0.6) is 0 Å². The van der Waals surface area contributed by atoms with Gasteiger partial charge in [0, 0.05) is 29.7 Å². The highest BCUT2D eigenvalue weighted by molar-refractivity contribution is 9.10. The van der Waals surface area contributed by atoms with E-state index in [-0.39, 0.29) is 24.0 Å². The molecule has 1 saturated heterocycles. The van der Waals surface area contributed by atoms with Crippen LogP contribution in [0.2, 0.25) is 5.02 Å². The van der Waals surface area contributed by atoms with E-state index in [2.05, 4.69) is 21.2 Å². The monoisotopic (exact) mass is 464 g/mol. The molecular weight excluding hydrogens is 444 g/mol. The van der Waals surface area contributed by atoms with Crippen LogP contribution in [0.3, 0.4) is 0 Å². The lowest BCUT2D eigenvalue weighted by atomic mass is 10.1. The summed E-state index contributed by atoms with van der Waals surface area (Å²) in [7, 11) is 0. The number of nitrogens with zero attached hydrogens (tertiary/aromatic N) is 1. The van der Waals surface area contributed by atoms with Crippen molar-refractivity contribution in [3.8, 4) is 0 Å². The fraction of sp³-hybridized carbons (Fsp3) is 0.333. The maximum absolute atomic E-state index is 12.7. The number of morpholine rings is 1. The number of benzene rings is 2. The van der Waals surface area contributed by atoms with Crippen molar-refractivity contribution in [1.82, 2.24) is 10.2 Å². The fourth-order valence-electron chi connectivity index (χ4n) is 3.24. The van der Waals surface area contributed by atoms with Gasteiger partial charge in [-0.3, -0.25) is 9.59 Å². The Kier molecular flexibility index (Phi) is 6.75. The number of hydrogen-bond acceptors (Lipinski definition) is 3. The van der Waals surface area contributed by atoms with Gasteiger partial charge in [-0.15, -0.1) is 0 Å². The Balaban J connectivity index is 1.60. The van der Waals surface area contributed by atoms with E-state index in [1.54, 1.807) is 30.3 Å². The second-order valence-corrected chi connectivity index (χ2v) is 8.29. The van der Waals surface area contributed by atoms with Gasteiger partial charge in [0.15, 0.2) is 0 Å². The molecule has 0 aromatic heterocycles. The molecule has 2 atom stereocenters. The van der Waals surface area contributed by atoms with Crippen LogP contribution in [-0.2, 0) is 11.3 Å². The van der Waals surface area contributed by atoms with Crippen LogP contribution < -0.4 is 5.32 Å². The van der Waals surface area contributed by atoms with Gasteiger partial charge in [0.1, 0.15) is 0 Å². The topological polar surface area (TPSA) is 58.6 Å². The van der Waals surface area contributed by atoms with E-state index in [0.717, 1.165) is 10.0 Å². The first-order chi connectivity index (χ1) is 13.3. The highest BCUT2D eigenvalue weighted by Crippen LogP contribution is 2.21. The molecule has 2 aromatic carbocycles. The molecule has 28 heavy (non-hydrogen) atoms. The Morgan fingerprint density at radius 2 is 1.79 bits per heavy atom. The maximum atomic E-state index is 12.7. The van der Waals surface area contributed by atoms with Crippen LogP contribution in [0.25, 0.3) is 0 Å². The molecule has 5 nitrogen and oxygen atoms in total. The molecule has 2 unspecified atom stereocenters. The molecule has 2 aromatic rings. The Labute approximate surface area is 178 Å². The first-order valence-electron chi connectivity index (χ1n) is 9.10. The van der Waals surface area contributed by atoms with Gasteiger partial charge >= 0.3 is 0 Å². The lowest BCUT2D eigenvalue weighted by Crippen LogP contribution is -2.48. The second-order valence-electron chi connectivity index (χ2n) is 6.97. The van der Waals surface area contributed by atoms with Gasteiger partial charge in [0.05, 0.1) is 22.8 Å². The lowest BCUT2D eigenvalue weighted by Gasteiger charge is -2.35. The summed E-state index contributed by atoms with van der Waals surface area (Å²) in [5.41, 5.74) is 1.95. The molecule has 1 heterocycles. The molecule has 148 valence electrons. The van der Waals surface area contributed by atoms with Crippen molar-refractivity contribution in [3.05, 3.63) is 68.7 Å². The smallest absolute Gasteiger partial charge is 0.254 e. The third-order valence-corrected chi connectivity index (χ3v) is 5.36. The van der Waals surface area contributed by atoms with E-state index < -0.39 is 0 Å². The number of ether oxygens (including phenoxy) is 1. The normalized spacial score (nSPS) is 19.4. The van der Waals surface area contributed by atoms with Crippen molar-refractivity contribution >= 4 is 39.3 Å². The molecule has 1 fully saturated rings. The summed E-state index contributed by atoms with van der Waals surface area (Å²) in [6.45, 7) is 5.48. The van der Waals surface area contributed by atoms with E-state index in [9.17, 15) is 9.59 Å². The summed E-state index contributed by atoms with van der Waals surface area (Å²) in [6.07, 6.45) is 0.0686. The van der Waals surface area contributed by atoms with Crippen molar-refractivity contribution in [2.75, 3.05) is 13.1 Å². The van der Waals surface area contributed by atoms with Crippen LogP contribution in [0.1, 0.15) is 40.1 Å². The average molecular weight is 466 g/mol. The van der Waals surface area contributed by atoms with E-state index in [1.807, 2.05) is 30.9 Å². The van der Waals surface area contributed by atoms with Gasteiger partial charge in [0.2, 0.25) is 0 Å². The zero-order chi connectivity index (χ0) is 20.3. The minimum atomic E-state index is -0.247. The van der Waals surface area contributed by atoms with Gasteiger partial charge in [0.25, 0.3) is 11.8 Å². The first-order valence-corrected chi connectivity index (χ1v) is 10.3. The zero-order valence-electron chi connectivity index (χ0n) is 15.7. The number of hydrogen-bond donors (Lipinski definition) is 1. The van der Waals surface area contributed by atoms with Crippen molar-refractivity contribution in [2.24, 2.45) is 0 Å². The molecular formula is C21H22BrClN2O3. The van der Waals surface area contributed by atoms with Crippen molar-refractivity contribution in [3.63, 3.8) is 0 Å². The zero-order valence-corrected chi connectivity index (χ0v) is 18.1. The molecule has 0 spiro atoms. The van der Waals surface area contributed by atoms with E-state index >= 15 is 0 Å². The summed E-state index contributed by atoms with van der Waals surface area (Å²) in [6, 6.07) is 12.4. The van der Waals surface area contributed by atoms with Crippen LogP contribution in [-0.4, -0.2) is 42.0 Å². The van der Waals surface area contributed by atoms with Crippen molar-refractivity contribution < 1.29 is 14.3 Å². The molecule has 7 heteroatoms. The molecule has 3 rings (SSSR count). The van der Waals surface area contributed by atoms with E-state index in [4.69, 9.17) is 16.3 Å². The summed E-state index contributed by atoms with van der Waals surface area (Å²) >= 11 is 9.43. The second kappa shape index (κ2) is 9.07. The van der Waals surface area contributed by atoms with Gasteiger partial charge in [-0.05, 0) is 49.7 Å². The number of halogens is 2. The molecule has 1 aliphatic heterocycles. The predicted molar refractivity (Wildman–Crippen MR) is 113 cm³/mol. The number of rotatable bonds is 4. The van der Waals surface area contributed by atoms with Gasteiger partial charge < -0.3 is 15.0 Å². The fourth-order valence-corrected chi connectivity index (χ4v) is 3.80. The molecule has 0 saturated carbocycles. The van der Waals surface area contributed by atoms with E-state index in [0.29, 0.717) is 35.8 Å². The first kappa shape index (κ1) is 20.8. The van der Waals surface area contributed by atoms with Gasteiger partial charge in [-0.25, -0.2) is 0 Å². The molecule has 0 bridgehead atoms. The Hall–Kier alpha value is -1.89.